The SMILES string of the molecule is Cn1nccc1Oc1cc(Br)cc(Br)c1. The number of aromatic nitrogens is 2. The van der Waals surface area contributed by atoms with E-state index in [9.17, 15) is 0 Å². The maximum absolute atomic E-state index is 5.65. The molecule has 0 atom stereocenters. The Labute approximate surface area is 104 Å². The van der Waals surface area contributed by atoms with Gasteiger partial charge in [0.2, 0.25) is 5.88 Å². The Hall–Kier alpha value is -0.810. The predicted molar refractivity (Wildman–Crippen MR) is 65.1 cm³/mol. The Morgan fingerprint density at radius 2 is 1.87 bits per heavy atom. The molecule has 1 heterocycles. The van der Waals surface area contributed by atoms with Crippen LogP contribution >= 0.6 is 31.9 Å². The average Bonchev–Trinajstić information content (AvgIpc) is 2.50. The fourth-order valence-corrected chi connectivity index (χ4v) is 2.42. The maximum Gasteiger partial charge on any atom is 0.217 e. The number of hydrogen-bond acceptors (Lipinski definition) is 2. The summed E-state index contributed by atoms with van der Waals surface area (Å²) in [7, 11) is 1.84. The minimum Gasteiger partial charge on any atom is -0.439 e. The van der Waals surface area contributed by atoms with E-state index in [4.69, 9.17) is 4.74 Å². The van der Waals surface area contributed by atoms with Gasteiger partial charge in [0.25, 0.3) is 0 Å². The molecule has 78 valence electrons. The molecule has 1 aromatic heterocycles. The van der Waals surface area contributed by atoms with Gasteiger partial charge in [-0.1, -0.05) is 31.9 Å². The van der Waals surface area contributed by atoms with Gasteiger partial charge in [-0.25, -0.2) is 4.68 Å². The van der Waals surface area contributed by atoms with Crippen molar-refractivity contribution in [2.24, 2.45) is 7.05 Å². The van der Waals surface area contributed by atoms with E-state index in [0.717, 1.165) is 14.7 Å². The minimum atomic E-state index is 0.708. The third-order valence-electron chi connectivity index (χ3n) is 1.83. The second-order valence-corrected chi connectivity index (χ2v) is 4.83. The normalized spacial score (nSPS) is 10.3. The molecule has 0 fully saturated rings. The van der Waals surface area contributed by atoms with Crippen LogP contribution in [0.3, 0.4) is 0 Å². The molecule has 0 radical (unpaired) electrons. The summed E-state index contributed by atoms with van der Waals surface area (Å²) >= 11 is 6.81. The zero-order valence-electron chi connectivity index (χ0n) is 7.95. The number of aryl methyl sites for hydroxylation is 1. The summed E-state index contributed by atoms with van der Waals surface area (Å²) in [5.74, 6) is 1.47. The zero-order chi connectivity index (χ0) is 10.8. The number of rotatable bonds is 2. The molecular formula is C10H8Br2N2O. The van der Waals surface area contributed by atoms with E-state index in [0.29, 0.717) is 5.88 Å². The smallest absolute Gasteiger partial charge is 0.217 e. The van der Waals surface area contributed by atoms with Crippen LogP contribution in [0.25, 0.3) is 0 Å². The van der Waals surface area contributed by atoms with Gasteiger partial charge in [0.15, 0.2) is 0 Å². The van der Waals surface area contributed by atoms with Gasteiger partial charge in [-0.2, -0.15) is 5.10 Å². The molecule has 0 saturated heterocycles. The first-order valence-corrected chi connectivity index (χ1v) is 5.86. The van der Waals surface area contributed by atoms with Gasteiger partial charge in [-0.05, 0) is 18.2 Å². The third kappa shape index (κ3) is 2.60. The standard InChI is InChI=1S/C10H8Br2N2O/c1-14-10(2-3-13-14)15-9-5-7(11)4-8(12)6-9/h2-6H,1H3. The Balaban J connectivity index is 2.28. The van der Waals surface area contributed by atoms with Gasteiger partial charge >= 0.3 is 0 Å². The molecule has 0 aliphatic heterocycles. The lowest BCUT2D eigenvalue weighted by atomic mass is 10.3. The van der Waals surface area contributed by atoms with Crippen LogP contribution in [0.5, 0.6) is 11.6 Å². The van der Waals surface area contributed by atoms with E-state index in [2.05, 4.69) is 37.0 Å². The molecule has 0 spiro atoms. The minimum absolute atomic E-state index is 0.708. The molecule has 15 heavy (non-hydrogen) atoms. The lowest BCUT2D eigenvalue weighted by Gasteiger charge is -2.06. The van der Waals surface area contributed by atoms with Crippen molar-refractivity contribution in [3.63, 3.8) is 0 Å². The summed E-state index contributed by atoms with van der Waals surface area (Å²) in [4.78, 5) is 0. The van der Waals surface area contributed by atoms with Crippen molar-refractivity contribution in [1.82, 2.24) is 9.78 Å². The molecule has 0 unspecified atom stereocenters. The van der Waals surface area contributed by atoms with E-state index in [1.165, 1.54) is 0 Å². The third-order valence-corrected chi connectivity index (χ3v) is 2.75. The topological polar surface area (TPSA) is 27.1 Å². The first-order chi connectivity index (χ1) is 7.15. The fourth-order valence-electron chi connectivity index (χ4n) is 1.17. The van der Waals surface area contributed by atoms with Crippen molar-refractivity contribution in [3.05, 3.63) is 39.4 Å². The number of nitrogens with zero attached hydrogens (tertiary/aromatic N) is 2. The van der Waals surface area contributed by atoms with Crippen LogP contribution in [0.4, 0.5) is 0 Å². The lowest BCUT2D eigenvalue weighted by Crippen LogP contribution is -1.94. The molecule has 0 aliphatic carbocycles. The van der Waals surface area contributed by atoms with Crippen LogP contribution in [0.2, 0.25) is 0 Å². The molecule has 1 aromatic carbocycles. The van der Waals surface area contributed by atoms with Crippen LogP contribution < -0.4 is 4.74 Å². The highest BCUT2D eigenvalue weighted by atomic mass is 79.9. The van der Waals surface area contributed by atoms with Crippen LogP contribution in [-0.4, -0.2) is 9.78 Å². The molecule has 5 heteroatoms. The Bertz CT molecular complexity index is 462. The van der Waals surface area contributed by atoms with Crippen LogP contribution in [0, 0.1) is 0 Å². The second kappa shape index (κ2) is 4.37. The van der Waals surface area contributed by atoms with Crippen molar-refractivity contribution in [2.75, 3.05) is 0 Å². The maximum atomic E-state index is 5.65. The first-order valence-electron chi connectivity index (χ1n) is 4.27. The molecule has 0 amide bonds. The number of benzene rings is 1. The zero-order valence-corrected chi connectivity index (χ0v) is 11.1. The van der Waals surface area contributed by atoms with Crippen molar-refractivity contribution >= 4 is 31.9 Å². The van der Waals surface area contributed by atoms with E-state index in [-0.39, 0.29) is 0 Å². The highest BCUT2D eigenvalue weighted by molar-refractivity contribution is 9.11. The van der Waals surface area contributed by atoms with Crippen molar-refractivity contribution in [1.29, 1.82) is 0 Å². The van der Waals surface area contributed by atoms with E-state index >= 15 is 0 Å². The van der Waals surface area contributed by atoms with Crippen LogP contribution in [-0.2, 0) is 7.05 Å². The highest BCUT2D eigenvalue weighted by Crippen LogP contribution is 2.28. The monoisotopic (exact) mass is 330 g/mol. The number of hydrogen-bond donors (Lipinski definition) is 0. The van der Waals surface area contributed by atoms with Crippen molar-refractivity contribution < 1.29 is 4.74 Å². The molecule has 3 nitrogen and oxygen atoms in total. The summed E-state index contributed by atoms with van der Waals surface area (Å²) in [6, 6.07) is 7.57. The molecule has 2 rings (SSSR count). The molecule has 0 N–H and O–H groups in total. The molecule has 2 aromatic rings. The van der Waals surface area contributed by atoms with Gasteiger partial charge in [-0.15, -0.1) is 0 Å². The molecule has 0 saturated carbocycles. The van der Waals surface area contributed by atoms with Crippen LogP contribution in [0.1, 0.15) is 0 Å². The quantitative estimate of drug-likeness (QED) is 0.838. The van der Waals surface area contributed by atoms with Crippen molar-refractivity contribution in [2.45, 2.75) is 0 Å². The van der Waals surface area contributed by atoms with E-state index < -0.39 is 0 Å². The Kier molecular flexibility index (Phi) is 3.11. The largest absolute Gasteiger partial charge is 0.439 e. The summed E-state index contributed by atoms with van der Waals surface area (Å²) < 4.78 is 9.26. The van der Waals surface area contributed by atoms with E-state index in [1.54, 1.807) is 10.9 Å². The first kappa shape index (κ1) is 10.7. The molecular weight excluding hydrogens is 324 g/mol. The van der Waals surface area contributed by atoms with Gasteiger partial charge in [-0.3, -0.25) is 0 Å². The van der Waals surface area contributed by atoms with Gasteiger partial charge in [0.1, 0.15) is 5.75 Å². The summed E-state index contributed by atoms with van der Waals surface area (Å²) in [5, 5.41) is 4.03. The molecule has 0 bridgehead atoms. The Morgan fingerprint density at radius 1 is 1.20 bits per heavy atom. The van der Waals surface area contributed by atoms with Gasteiger partial charge < -0.3 is 4.74 Å². The Morgan fingerprint density at radius 3 is 2.40 bits per heavy atom. The average molecular weight is 332 g/mol. The van der Waals surface area contributed by atoms with Gasteiger partial charge in [0, 0.05) is 22.1 Å². The lowest BCUT2D eigenvalue weighted by molar-refractivity contribution is 0.430. The number of ether oxygens (including phenoxy) is 1. The van der Waals surface area contributed by atoms with Crippen LogP contribution in [0.15, 0.2) is 39.4 Å². The summed E-state index contributed by atoms with van der Waals surface area (Å²) in [5.41, 5.74) is 0. The summed E-state index contributed by atoms with van der Waals surface area (Å²) in [6.45, 7) is 0. The predicted octanol–water partition coefficient (Wildman–Crippen LogP) is 3.74. The van der Waals surface area contributed by atoms with E-state index in [1.807, 2.05) is 31.3 Å². The molecule has 0 aliphatic rings. The van der Waals surface area contributed by atoms with Crippen molar-refractivity contribution in [3.8, 4) is 11.6 Å². The summed E-state index contributed by atoms with van der Waals surface area (Å²) in [6.07, 6.45) is 1.70. The number of halogens is 2. The van der Waals surface area contributed by atoms with Gasteiger partial charge in [0.05, 0.1) is 6.20 Å². The highest BCUT2D eigenvalue weighted by Gasteiger charge is 2.03. The fraction of sp³-hybridized carbons (Fsp3) is 0.100. The second-order valence-electron chi connectivity index (χ2n) is 3.00.